The van der Waals surface area contributed by atoms with E-state index in [4.69, 9.17) is 0 Å². The van der Waals surface area contributed by atoms with Crippen LogP contribution in [0.4, 0.5) is 0 Å². The highest BCUT2D eigenvalue weighted by molar-refractivity contribution is 5.78. The number of aromatic nitrogens is 3. The Kier molecular flexibility index (Phi) is 5.14. The summed E-state index contributed by atoms with van der Waals surface area (Å²) in [6.07, 6.45) is 8.04. The van der Waals surface area contributed by atoms with Crippen molar-refractivity contribution in [2.75, 3.05) is 26.2 Å². The number of likely N-dealkylation sites (tertiary alicyclic amines) is 1. The van der Waals surface area contributed by atoms with Crippen LogP contribution in [0.3, 0.4) is 0 Å². The van der Waals surface area contributed by atoms with E-state index in [-0.39, 0.29) is 5.91 Å². The first-order chi connectivity index (χ1) is 8.86. The van der Waals surface area contributed by atoms with Gasteiger partial charge in [0, 0.05) is 25.8 Å². The number of carbonyl (C=O) groups is 1. The first-order valence-electron chi connectivity index (χ1n) is 6.69. The van der Waals surface area contributed by atoms with E-state index < -0.39 is 0 Å². The highest BCUT2D eigenvalue weighted by Gasteiger charge is 2.15. The summed E-state index contributed by atoms with van der Waals surface area (Å²) in [6, 6.07) is 0. The molecule has 1 aliphatic heterocycles. The zero-order valence-electron chi connectivity index (χ0n) is 10.7. The summed E-state index contributed by atoms with van der Waals surface area (Å²) < 4.78 is 1.80. The molecule has 2 heterocycles. The van der Waals surface area contributed by atoms with E-state index in [0.717, 1.165) is 45.4 Å². The molecule has 100 valence electrons. The van der Waals surface area contributed by atoms with Crippen molar-refractivity contribution < 1.29 is 4.79 Å². The van der Waals surface area contributed by atoms with E-state index in [9.17, 15) is 4.79 Å². The molecule has 0 unspecified atom stereocenters. The van der Waals surface area contributed by atoms with Gasteiger partial charge in [-0.05, 0) is 32.2 Å². The van der Waals surface area contributed by atoms with E-state index >= 15 is 0 Å². The van der Waals surface area contributed by atoms with E-state index in [2.05, 4.69) is 15.6 Å². The normalized spacial score (nSPS) is 15.9. The van der Waals surface area contributed by atoms with Gasteiger partial charge in [-0.3, -0.25) is 9.48 Å². The molecule has 1 amide bonds. The molecule has 1 aliphatic rings. The van der Waals surface area contributed by atoms with Crippen LogP contribution in [0.2, 0.25) is 0 Å². The van der Waals surface area contributed by atoms with Crippen LogP contribution in [0.25, 0.3) is 0 Å². The number of piperidine rings is 1. The van der Waals surface area contributed by atoms with E-state index in [1.54, 1.807) is 10.9 Å². The van der Waals surface area contributed by atoms with Gasteiger partial charge in [-0.25, -0.2) is 0 Å². The molecule has 0 atom stereocenters. The average molecular weight is 251 g/mol. The lowest BCUT2D eigenvalue weighted by molar-refractivity contribution is -0.131. The molecule has 0 bridgehead atoms. The Morgan fingerprint density at radius 3 is 2.83 bits per heavy atom. The summed E-state index contributed by atoms with van der Waals surface area (Å²) in [5.74, 6) is 0.232. The Labute approximate surface area is 107 Å². The molecule has 18 heavy (non-hydrogen) atoms. The van der Waals surface area contributed by atoms with Gasteiger partial charge in [0.2, 0.25) is 5.91 Å². The Balaban J connectivity index is 1.53. The molecular weight excluding hydrogens is 230 g/mol. The van der Waals surface area contributed by atoms with Crippen LogP contribution in [0.5, 0.6) is 0 Å². The van der Waals surface area contributed by atoms with E-state index in [0.29, 0.717) is 6.54 Å². The average Bonchev–Trinajstić information content (AvgIpc) is 2.92. The number of amides is 1. The lowest BCUT2D eigenvalue weighted by Crippen LogP contribution is -2.41. The Hall–Kier alpha value is -1.43. The van der Waals surface area contributed by atoms with Crippen molar-refractivity contribution in [3.8, 4) is 0 Å². The van der Waals surface area contributed by atoms with Crippen molar-refractivity contribution in [2.24, 2.45) is 0 Å². The molecule has 1 N–H and O–H groups in total. The summed E-state index contributed by atoms with van der Waals surface area (Å²) in [5, 5.41) is 10.8. The first kappa shape index (κ1) is 13.0. The van der Waals surface area contributed by atoms with Crippen molar-refractivity contribution in [3.05, 3.63) is 12.4 Å². The molecule has 1 aromatic rings. The fourth-order valence-corrected chi connectivity index (χ4v) is 2.17. The Bertz CT molecular complexity index is 345. The number of aryl methyl sites for hydroxylation is 1. The number of rotatable bonds is 6. The number of hydrogen-bond donors (Lipinski definition) is 1. The maximum absolute atomic E-state index is 11.8. The second-order valence-corrected chi connectivity index (χ2v) is 4.64. The monoisotopic (exact) mass is 251 g/mol. The minimum absolute atomic E-state index is 0.232. The van der Waals surface area contributed by atoms with Gasteiger partial charge in [0.25, 0.3) is 0 Å². The van der Waals surface area contributed by atoms with Gasteiger partial charge in [0.1, 0.15) is 0 Å². The molecule has 0 saturated carbocycles. The molecule has 0 spiro atoms. The topological polar surface area (TPSA) is 63.1 Å². The van der Waals surface area contributed by atoms with Gasteiger partial charge < -0.3 is 10.2 Å². The molecule has 0 aliphatic carbocycles. The van der Waals surface area contributed by atoms with Crippen molar-refractivity contribution in [3.63, 3.8) is 0 Å². The second-order valence-electron chi connectivity index (χ2n) is 4.64. The van der Waals surface area contributed by atoms with Crippen LogP contribution >= 0.6 is 0 Å². The van der Waals surface area contributed by atoms with E-state index in [1.165, 1.54) is 6.42 Å². The minimum atomic E-state index is 0.232. The van der Waals surface area contributed by atoms with Gasteiger partial charge in [0.05, 0.1) is 12.7 Å². The van der Waals surface area contributed by atoms with Gasteiger partial charge >= 0.3 is 0 Å². The fourth-order valence-electron chi connectivity index (χ4n) is 2.17. The number of hydrogen-bond acceptors (Lipinski definition) is 4. The lowest BCUT2D eigenvalue weighted by Gasteiger charge is -2.26. The highest BCUT2D eigenvalue weighted by Crippen LogP contribution is 2.08. The molecule has 0 radical (unpaired) electrons. The molecule has 2 rings (SSSR count). The van der Waals surface area contributed by atoms with Crippen LogP contribution in [0.1, 0.15) is 25.7 Å². The highest BCUT2D eigenvalue weighted by atomic mass is 16.2. The molecule has 6 heteroatoms. The summed E-state index contributed by atoms with van der Waals surface area (Å²) in [7, 11) is 0. The summed E-state index contributed by atoms with van der Waals surface area (Å²) in [6.45, 7) is 3.99. The number of carbonyl (C=O) groups excluding carboxylic acids is 1. The quantitative estimate of drug-likeness (QED) is 0.737. The van der Waals surface area contributed by atoms with Crippen molar-refractivity contribution in [2.45, 2.75) is 32.2 Å². The van der Waals surface area contributed by atoms with Gasteiger partial charge in [-0.2, -0.15) is 0 Å². The predicted molar refractivity (Wildman–Crippen MR) is 67.9 cm³/mol. The summed E-state index contributed by atoms with van der Waals surface area (Å²) in [4.78, 5) is 13.8. The standard InChI is InChI=1S/C12H21N5O/c18-12(16-7-2-1-3-8-16)11-13-5-4-9-17-10-6-14-15-17/h6,10,13H,1-5,7-9,11H2. The lowest BCUT2D eigenvalue weighted by atomic mass is 10.1. The summed E-state index contributed by atoms with van der Waals surface area (Å²) in [5.41, 5.74) is 0. The smallest absolute Gasteiger partial charge is 0.236 e. The third-order valence-electron chi connectivity index (χ3n) is 3.20. The van der Waals surface area contributed by atoms with Gasteiger partial charge in [-0.1, -0.05) is 5.21 Å². The Morgan fingerprint density at radius 2 is 2.11 bits per heavy atom. The maximum Gasteiger partial charge on any atom is 0.236 e. The van der Waals surface area contributed by atoms with Crippen LogP contribution in [-0.2, 0) is 11.3 Å². The van der Waals surface area contributed by atoms with Crippen molar-refractivity contribution in [1.29, 1.82) is 0 Å². The van der Waals surface area contributed by atoms with Crippen molar-refractivity contribution in [1.82, 2.24) is 25.2 Å². The van der Waals surface area contributed by atoms with Gasteiger partial charge in [-0.15, -0.1) is 5.10 Å². The van der Waals surface area contributed by atoms with Gasteiger partial charge in [0.15, 0.2) is 0 Å². The van der Waals surface area contributed by atoms with E-state index in [1.807, 2.05) is 11.1 Å². The third kappa shape index (κ3) is 4.10. The summed E-state index contributed by atoms with van der Waals surface area (Å²) >= 11 is 0. The molecule has 1 fully saturated rings. The van der Waals surface area contributed by atoms with Crippen molar-refractivity contribution >= 4 is 5.91 Å². The molecule has 6 nitrogen and oxygen atoms in total. The van der Waals surface area contributed by atoms with Crippen LogP contribution < -0.4 is 5.32 Å². The molecule has 1 aromatic heterocycles. The second kappa shape index (κ2) is 7.10. The van der Waals surface area contributed by atoms with Crippen LogP contribution in [0, 0.1) is 0 Å². The maximum atomic E-state index is 11.8. The molecule has 1 saturated heterocycles. The predicted octanol–water partition coefficient (Wildman–Crippen LogP) is 0.270. The van der Waals surface area contributed by atoms with Crippen LogP contribution in [0.15, 0.2) is 12.4 Å². The number of nitrogens with zero attached hydrogens (tertiary/aromatic N) is 4. The van der Waals surface area contributed by atoms with Crippen LogP contribution in [-0.4, -0.2) is 52.0 Å². The molecule has 0 aromatic carbocycles. The fraction of sp³-hybridized carbons (Fsp3) is 0.750. The SMILES string of the molecule is O=C(CNCCCn1ccnn1)N1CCCCC1. The molecular formula is C12H21N5O. The Morgan fingerprint density at radius 1 is 1.28 bits per heavy atom. The first-order valence-corrected chi connectivity index (χ1v) is 6.69. The zero-order chi connectivity index (χ0) is 12.6. The number of nitrogens with one attached hydrogen (secondary N) is 1. The minimum Gasteiger partial charge on any atom is -0.342 e. The zero-order valence-corrected chi connectivity index (χ0v) is 10.7. The largest absolute Gasteiger partial charge is 0.342 e. The third-order valence-corrected chi connectivity index (χ3v) is 3.20.